The van der Waals surface area contributed by atoms with E-state index in [0.29, 0.717) is 25.5 Å². The molecule has 0 aromatic heterocycles. The Labute approximate surface area is 142 Å². The summed E-state index contributed by atoms with van der Waals surface area (Å²) in [5.74, 6) is -0.101. The monoisotopic (exact) mass is 347 g/mol. The first-order valence-electron chi connectivity index (χ1n) is 6.38. The fourth-order valence-electron chi connectivity index (χ4n) is 2.06. The van der Waals surface area contributed by atoms with E-state index in [4.69, 9.17) is 23.8 Å². The second-order valence-corrected chi connectivity index (χ2v) is 6.67. The summed E-state index contributed by atoms with van der Waals surface area (Å²) in [6, 6.07) is 13.8. The van der Waals surface area contributed by atoms with Crippen LogP contribution in [0.5, 0.6) is 5.75 Å². The van der Waals surface area contributed by atoms with Crippen LogP contribution in [0.3, 0.4) is 0 Å². The number of nitrogens with zero attached hydrogens (tertiary/aromatic N) is 1. The van der Waals surface area contributed by atoms with Crippen molar-refractivity contribution in [1.82, 2.24) is 0 Å². The third-order valence-electron chi connectivity index (χ3n) is 3.08. The summed E-state index contributed by atoms with van der Waals surface area (Å²) in [6.45, 7) is 0. The Balaban J connectivity index is 1.97. The molecule has 1 saturated heterocycles. The van der Waals surface area contributed by atoms with Crippen molar-refractivity contribution in [2.75, 3.05) is 4.90 Å². The fourth-order valence-corrected chi connectivity index (χ4v) is 3.53. The predicted octanol–water partition coefficient (Wildman–Crippen LogP) is 4.45. The lowest BCUT2D eigenvalue weighted by Crippen LogP contribution is -2.27. The zero-order chi connectivity index (χ0) is 15.7. The van der Waals surface area contributed by atoms with E-state index >= 15 is 0 Å². The van der Waals surface area contributed by atoms with Crippen LogP contribution in [0.2, 0.25) is 5.02 Å². The number of phenolic OH excluding ortho intramolecular Hbond substituents is 1. The first kappa shape index (κ1) is 15.1. The van der Waals surface area contributed by atoms with E-state index in [0.717, 1.165) is 0 Å². The number of hydrogen-bond acceptors (Lipinski definition) is 4. The van der Waals surface area contributed by atoms with Crippen LogP contribution in [0.1, 0.15) is 5.56 Å². The number of thioether (sulfide) groups is 1. The van der Waals surface area contributed by atoms with E-state index < -0.39 is 0 Å². The molecule has 1 aliphatic rings. The van der Waals surface area contributed by atoms with Gasteiger partial charge in [-0.25, -0.2) is 0 Å². The molecule has 110 valence electrons. The summed E-state index contributed by atoms with van der Waals surface area (Å²) in [6.07, 6.45) is 1.64. The van der Waals surface area contributed by atoms with Gasteiger partial charge in [-0.3, -0.25) is 9.69 Å². The van der Waals surface area contributed by atoms with E-state index in [1.54, 1.807) is 54.6 Å². The summed E-state index contributed by atoms with van der Waals surface area (Å²) in [7, 11) is 0. The molecule has 3 rings (SSSR count). The standard InChI is InChI=1S/C16H10ClNO2S2/c17-11-5-3-6-12(9-11)18-15(20)14(22-16(18)21)8-10-4-1-2-7-13(10)19/h1-9,19H/b14-8+. The predicted molar refractivity (Wildman–Crippen MR) is 95.2 cm³/mol. The fraction of sp³-hybridized carbons (Fsp3) is 0. The highest BCUT2D eigenvalue weighted by Gasteiger charge is 2.33. The van der Waals surface area contributed by atoms with Crippen molar-refractivity contribution in [1.29, 1.82) is 0 Å². The molecule has 3 nitrogen and oxygen atoms in total. The third kappa shape index (κ3) is 2.88. The number of aromatic hydroxyl groups is 1. The highest BCUT2D eigenvalue weighted by atomic mass is 35.5. The van der Waals surface area contributed by atoms with Gasteiger partial charge in [-0.1, -0.05) is 59.8 Å². The van der Waals surface area contributed by atoms with Gasteiger partial charge in [0.25, 0.3) is 5.91 Å². The van der Waals surface area contributed by atoms with Gasteiger partial charge in [0.05, 0.1) is 10.6 Å². The second kappa shape index (κ2) is 6.12. The lowest BCUT2D eigenvalue weighted by Gasteiger charge is -2.14. The topological polar surface area (TPSA) is 40.5 Å². The summed E-state index contributed by atoms with van der Waals surface area (Å²) in [5, 5.41) is 10.4. The van der Waals surface area contributed by atoms with Gasteiger partial charge < -0.3 is 5.11 Å². The average molecular weight is 348 g/mol. The van der Waals surface area contributed by atoms with Crippen LogP contribution in [0.25, 0.3) is 6.08 Å². The number of para-hydroxylation sites is 1. The summed E-state index contributed by atoms with van der Waals surface area (Å²) in [4.78, 5) is 14.5. The minimum Gasteiger partial charge on any atom is -0.507 e. The minimum atomic E-state index is -0.222. The Hall–Kier alpha value is -1.82. The van der Waals surface area contributed by atoms with Crippen molar-refractivity contribution in [2.24, 2.45) is 0 Å². The number of carbonyl (C=O) groups excluding carboxylic acids is 1. The summed E-state index contributed by atoms with van der Waals surface area (Å²) in [5.41, 5.74) is 1.21. The molecular weight excluding hydrogens is 338 g/mol. The molecule has 0 bridgehead atoms. The van der Waals surface area contributed by atoms with Gasteiger partial charge in [0.2, 0.25) is 0 Å². The van der Waals surface area contributed by atoms with Crippen molar-refractivity contribution in [3.63, 3.8) is 0 Å². The molecule has 1 amide bonds. The van der Waals surface area contributed by atoms with Gasteiger partial charge in [-0.2, -0.15) is 0 Å². The maximum atomic E-state index is 12.6. The summed E-state index contributed by atoms with van der Waals surface area (Å²) >= 11 is 12.5. The van der Waals surface area contributed by atoms with E-state index in [9.17, 15) is 9.90 Å². The lowest BCUT2D eigenvalue weighted by atomic mass is 10.2. The minimum absolute atomic E-state index is 0.121. The molecule has 1 aliphatic heterocycles. The van der Waals surface area contributed by atoms with E-state index in [-0.39, 0.29) is 11.7 Å². The quantitative estimate of drug-likeness (QED) is 0.643. The highest BCUT2D eigenvalue weighted by Crippen LogP contribution is 2.37. The highest BCUT2D eigenvalue weighted by molar-refractivity contribution is 8.27. The number of carbonyl (C=O) groups is 1. The first-order valence-corrected chi connectivity index (χ1v) is 7.98. The number of phenols is 1. The molecule has 0 unspecified atom stereocenters. The molecule has 0 spiro atoms. The summed E-state index contributed by atoms with van der Waals surface area (Å²) < 4.78 is 0.439. The van der Waals surface area contributed by atoms with Crippen molar-refractivity contribution >= 4 is 57.6 Å². The zero-order valence-corrected chi connectivity index (χ0v) is 13.6. The normalized spacial score (nSPS) is 16.6. The van der Waals surface area contributed by atoms with Crippen molar-refractivity contribution in [3.05, 3.63) is 64.0 Å². The maximum Gasteiger partial charge on any atom is 0.270 e. The van der Waals surface area contributed by atoms with Crippen LogP contribution in [0.15, 0.2) is 53.4 Å². The second-order valence-electron chi connectivity index (χ2n) is 4.56. The van der Waals surface area contributed by atoms with Crippen molar-refractivity contribution in [3.8, 4) is 5.75 Å². The first-order chi connectivity index (χ1) is 10.6. The smallest absolute Gasteiger partial charge is 0.270 e. The number of anilines is 1. The van der Waals surface area contributed by atoms with Crippen LogP contribution in [-0.2, 0) is 4.79 Å². The molecule has 0 saturated carbocycles. The molecule has 1 fully saturated rings. The molecule has 2 aromatic carbocycles. The maximum absolute atomic E-state index is 12.6. The van der Waals surface area contributed by atoms with Crippen molar-refractivity contribution in [2.45, 2.75) is 0 Å². The van der Waals surface area contributed by atoms with Crippen LogP contribution >= 0.6 is 35.6 Å². The Bertz CT molecular complexity index is 804. The van der Waals surface area contributed by atoms with E-state index in [1.807, 2.05) is 0 Å². The Morgan fingerprint density at radius 3 is 2.68 bits per heavy atom. The van der Waals surface area contributed by atoms with E-state index in [2.05, 4.69) is 0 Å². The third-order valence-corrected chi connectivity index (χ3v) is 4.62. The van der Waals surface area contributed by atoms with Gasteiger partial charge in [-0.15, -0.1) is 0 Å². The van der Waals surface area contributed by atoms with E-state index in [1.165, 1.54) is 16.7 Å². The largest absolute Gasteiger partial charge is 0.507 e. The number of hydrogen-bond donors (Lipinski definition) is 1. The molecule has 0 atom stereocenters. The number of benzene rings is 2. The molecule has 22 heavy (non-hydrogen) atoms. The number of halogens is 1. The lowest BCUT2D eigenvalue weighted by molar-refractivity contribution is -0.113. The van der Waals surface area contributed by atoms with Gasteiger partial charge in [-0.05, 0) is 30.3 Å². The Morgan fingerprint density at radius 2 is 1.95 bits per heavy atom. The SMILES string of the molecule is O=C1/C(=C\c2ccccc2O)SC(=S)N1c1cccc(Cl)c1. The molecule has 1 heterocycles. The number of thiocarbonyl (C=S) groups is 1. The molecule has 0 aliphatic carbocycles. The van der Waals surface area contributed by atoms with Crippen LogP contribution in [-0.4, -0.2) is 15.3 Å². The molecular formula is C16H10ClNO2S2. The van der Waals surface area contributed by atoms with Gasteiger partial charge in [0.1, 0.15) is 5.75 Å². The number of rotatable bonds is 2. The van der Waals surface area contributed by atoms with Gasteiger partial charge in [0.15, 0.2) is 4.32 Å². The van der Waals surface area contributed by atoms with Crippen molar-refractivity contribution < 1.29 is 9.90 Å². The molecule has 2 aromatic rings. The van der Waals surface area contributed by atoms with Crippen LogP contribution in [0, 0.1) is 0 Å². The average Bonchev–Trinajstić information content (AvgIpc) is 2.76. The molecule has 1 N–H and O–H groups in total. The van der Waals surface area contributed by atoms with Gasteiger partial charge in [0, 0.05) is 10.6 Å². The van der Waals surface area contributed by atoms with Gasteiger partial charge >= 0.3 is 0 Å². The molecule has 6 heteroatoms. The van der Waals surface area contributed by atoms with Crippen LogP contribution in [0.4, 0.5) is 5.69 Å². The van der Waals surface area contributed by atoms with Crippen LogP contribution < -0.4 is 4.90 Å². The zero-order valence-electron chi connectivity index (χ0n) is 11.2. The Morgan fingerprint density at radius 1 is 1.18 bits per heavy atom. The number of amides is 1. The Kier molecular flexibility index (Phi) is 4.20. The molecule has 0 radical (unpaired) electrons.